The Morgan fingerprint density at radius 1 is 1.09 bits per heavy atom. The molecule has 0 radical (unpaired) electrons. The molecule has 0 amide bonds. The van der Waals surface area contributed by atoms with E-state index in [-0.39, 0.29) is 18.1 Å². The second kappa shape index (κ2) is 8.54. The Morgan fingerprint density at radius 3 is 2.69 bits per heavy atom. The fourth-order valence-electron chi connectivity index (χ4n) is 4.71. The molecule has 0 saturated heterocycles. The summed E-state index contributed by atoms with van der Waals surface area (Å²) in [4.78, 5) is 29.2. The van der Waals surface area contributed by atoms with Crippen LogP contribution in [0.1, 0.15) is 54.9 Å². The van der Waals surface area contributed by atoms with Crippen LogP contribution in [0.15, 0.2) is 41.2 Å². The molecular weight excluding hydrogens is 424 g/mol. The van der Waals surface area contributed by atoms with E-state index in [1.165, 1.54) is 17.4 Å². The molecule has 1 aliphatic carbocycles. The predicted molar refractivity (Wildman–Crippen MR) is 125 cm³/mol. The van der Waals surface area contributed by atoms with Crippen molar-refractivity contribution in [3.8, 4) is 11.5 Å². The number of hydrogen-bond acceptors (Lipinski definition) is 5. The zero-order valence-corrected chi connectivity index (χ0v) is 18.9. The van der Waals surface area contributed by atoms with Crippen molar-refractivity contribution in [2.45, 2.75) is 45.6 Å². The summed E-state index contributed by atoms with van der Waals surface area (Å²) in [6, 6.07) is 10.9. The normalized spacial score (nSPS) is 19.9. The molecule has 1 aliphatic heterocycles. The summed E-state index contributed by atoms with van der Waals surface area (Å²) >= 11 is 5.48. The smallest absolute Gasteiger partial charge is 0.262 e. The third kappa shape index (κ3) is 4.09. The molecule has 1 N–H and O–H groups in total. The number of nitrogens with one attached hydrogen (secondary N) is 1. The number of nitrogens with zero attached hydrogens (tertiary/aromatic N) is 1. The van der Waals surface area contributed by atoms with Gasteiger partial charge in [0, 0.05) is 12.0 Å². The van der Waals surface area contributed by atoms with Gasteiger partial charge in [-0.1, -0.05) is 31.9 Å². The van der Waals surface area contributed by atoms with Gasteiger partial charge in [-0.2, -0.15) is 0 Å². The van der Waals surface area contributed by atoms with E-state index in [9.17, 15) is 9.59 Å². The molecule has 1 saturated carbocycles. The second-order valence-corrected chi connectivity index (χ2v) is 9.41. The van der Waals surface area contributed by atoms with Gasteiger partial charge in [-0.3, -0.25) is 14.2 Å². The summed E-state index contributed by atoms with van der Waals surface area (Å²) in [6.45, 7) is 2.81. The van der Waals surface area contributed by atoms with E-state index in [0.717, 1.165) is 24.3 Å². The molecule has 166 valence electrons. The highest BCUT2D eigenvalue weighted by molar-refractivity contribution is 7.71. The van der Waals surface area contributed by atoms with Crippen LogP contribution >= 0.6 is 12.2 Å². The van der Waals surface area contributed by atoms with E-state index < -0.39 is 0 Å². The fraction of sp³-hybridized carbons (Fsp3) is 0.400. The number of carbonyl (C=O) groups is 1. The monoisotopic (exact) mass is 450 g/mol. The molecule has 1 fully saturated rings. The average Bonchev–Trinajstić information content (AvgIpc) is 3.25. The SMILES string of the molecule is CC1CCC(CC(=O)c2ccc3c(=O)n(Cc4ccc5c(c4)OCO5)c(=S)[nH]c3c2)CC1. The summed E-state index contributed by atoms with van der Waals surface area (Å²) in [5.74, 6) is 2.73. The Morgan fingerprint density at radius 2 is 1.88 bits per heavy atom. The molecule has 7 heteroatoms. The molecule has 2 aromatic carbocycles. The lowest BCUT2D eigenvalue weighted by molar-refractivity contribution is 0.0944. The van der Waals surface area contributed by atoms with Gasteiger partial charge in [0.25, 0.3) is 5.56 Å². The number of ketones is 1. The summed E-state index contributed by atoms with van der Waals surface area (Å²) in [5.41, 5.74) is 1.95. The Bertz CT molecular complexity index is 1300. The first-order valence-electron chi connectivity index (χ1n) is 11.2. The molecule has 0 unspecified atom stereocenters. The number of Topliss-reactive ketones (excluding diaryl/α,β-unsaturated/α-hetero) is 1. The average molecular weight is 451 g/mol. The number of benzene rings is 2. The van der Waals surface area contributed by atoms with Gasteiger partial charge in [-0.25, -0.2) is 0 Å². The fourth-order valence-corrected chi connectivity index (χ4v) is 4.96. The number of H-pyrrole nitrogens is 1. The number of carbonyl (C=O) groups excluding carboxylic acids is 1. The van der Waals surface area contributed by atoms with Gasteiger partial charge in [-0.05, 0) is 66.7 Å². The van der Waals surface area contributed by atoms with E-state index in [0.29, 0.717) is 51.6 Å². The van der Waals surface area contributed by atoms with Crippen molar-refractivity contribution in [1.29, 1.82) is 0 Å². The topological polar surface area (TPSA) is 73.3 Å². The van der Waals surface area contributed by atoms with Crippen LogP contribution in [0, 0.1) is 16.6 Å². The largest absolute Gasteiger partial charge is 0.454 e. The Labute approximate surface area is 191 Å². The molecule has 6 nitrogen and oxygen atoms in total. The summed E-state index contributed by atoms with van der Waals surface area (Å²) in [5, 5.41) is 0.516. The maximum atomic E-state index is 13.2. The number of rotatable bonds is 5. The van der Waals surface area contributed by atoms with Crippen LogP contribution in [0.25, 0.3) is 10.9 Å². The third-order valence-electron chi connectivity index (χ3n) is 6.69. The lowest BCUT2D eigenvalue weighted by Gasteiger charge is -2.25. The van der Waals surface area contributed by atoms with Crippen molar-refractivity contribution in [2.75, 3.05) is 6.79 Å². The maximum Gasteiger partial charge on any atom is 0.262 e. The van der Waals surface area contributed by atoms with E-state index in [1.807, 2.05) is 18.2 Å². The molecule has 32 heavy (non-hydrogen) atoms. The molecule has 2 aliphatic rings. The molecule has 0 atom stereocenters. The van der Waals surface area contributed by atoms with E-state index in [2.05, 4.69) is 11.9 Å². The quantitative estimate of drug-likeness (QED) is 0.425. The number of aromatic amines is 1. The summed E-state index contributed by atoms with van der Waals surface area (Å²) in [7, 11) is 0. The minimum absolute atomic E-state index is 0.135. The zero-order valence-electron chi connectivity index (χ0n) is 18.1. The molecule has 2 heterocycles. The second-order valence-electron chi connectivity index (χ2n) is 9.02. The van der Waals surface area contributed by atoms with Crippen molar-refractivity contribution in [2.24, 2.45) is 11.8 Å². The van der Waals surface area contributed by atoms with Crippen molar-refractivity contribution >= 4 is 28.9 Å². The molecule has 3 aromatic rings. The molecular formula is C25H26N2O4S. The Balaban J connectivity index is 1.40. The highest BCUT2D eigenvalue weighted by Gasteiger charge is 2.22. The van der Waals surface area contributed by atoms with Crippen molar-refractivity contribution in [3.63, 3.8) is 0 Å². The van der Waals surface area contributed by atoms with Gasteiger partial charge >= 0.3 is 0 Å². The number of aromatic nitrogens is 2. The van der Waals surface area contributed by atoms with Crippen LogP contribution in [0.3, 0.4) is 0 Å². The first-order valence-corrected chi connectivity index (χ1v) is 11.6. The lowest BCUT2D eigenvalue weighted by atomic mass is 9.80. The van der Waals surface area contributed by atoms with Gasteiger partial charge < -0.3 is 14.5 Å². The Kier molecular flexibility index (Phi) is 5.59. The number of fused-ring (bicyclic) bond motifs is 2. The minimum Gasteiger partial charge on any atom is -0.454 e. The number of ether oxygens (including phenoxy) is 2. The van der Waals surface area contributed by atoms with Crippen LogP contribution < -0.4 is 15.0 Å². The van der Waals surface area contributed by atoms with E-state index >= 15 is 0 Å². The van der Waals surface area contributed by atoms with Crippen molar-refractivity contribution in [3.05, 3.63) is 62.6 Å². The van der Waals surface area contributed by atoms with Crippen LogP contribution in [-0.2, 0) is 6.54 Å². The van der Waals surface area contributed by atoms with E-state index in [1.54, 1.807) is 18.2 Å². The molecule has 0 bridgehead atoms. The van der Waals surface area contributed by atoms with Crippen LogP contribution in [0.2, 0.25) is 0 Å². The van der Waals surface area contributed by atoms with Gasteiger partial charge in [0.2, 0.25) is 6.79 Å². The summed E-state index contributed by atoms with van der Waals surface area (Å²) < 4.78 is 12.6. The van der Waals surface area contributed by atoms with Crippen LogP contribution in [0.4, 0.5) is 0 Å². The molecule has 1 aromatic heterocycles. The minimum atomic E-state index is -0.179. The lowest BCUT2D eigenvalue weighted by Crippen LogP contribution is -2.23. The van der Waals surface area contributed by atoms with Gasteiger partial charge in [0.15, 0.2) is 22.1 Å². The van der Waals surface area contributed by atoms with Gasteiger partial charge in [0.1, 0.15) is 0 Å². The van der Waals surface area contributed by atoms with E-state index in [4.69, 9.17) is 21.7 Å². The summed E-state index contributed by atoms with van der Waals surface area (Å²) in [6.07, 6.45) is 5.21. The van der Waals surface area contributed by atoms with Gasteiger partial charge in [-0.15, -0.1) is 0 Å². The predicted octanol–water partition coefficient (Wildman–Crippen LogP) is 5.24. The molecule has 0 spiro atoms. The first-order chi connectivity index (χ1) is 15.5. The first kappa shape index (κ1) is 20.9. The standard InChI is InChI=1S/C25H26N2O4S/c1-15-2-4-16(5-3-15)10-21(28)18-7-8-19-20(12-18)26-25(32)27(24(19)29)13-17-6-9-22-23(11-17)31-14-30-22/h6-9,11-12,15-16H,2-5,10,13-14H2,1H3,(H,26,32). The Hall–Kier alpha value is -2.93. The van der Waals surface area contributed by atoms with Gasteiger partial charge in [0.05, 0.1) is 17.4 Å². The maximum absolute atomic E-state index is 13.2. The third-order valence-corrected chi connectivity index (χ3v) is 7.01. The molecule has 5 rings (SSSR count). The highest BCUT2D eigenvalue weighted by atomic mass is 32.1. The van der Waals surface area contributed by atoms with Crippen LogP contribution in [-0.4, -0.2) is 22.1 Å². The highest BCUT2D eigenvalue weighted by Crippen LogP contribution is 2.33. The van der Waals surface area contributed by atoms with Crippen molar-refractivity contribution < 1.29 is 14.3 Å². The van der Waals surface area contributed by atoms with Crippen LogP contribution in [0.5, 0.6) is 11.5 Å². The van der Waals surface area contributed by atoms with Crippen molar-refractivity contribution in [1.82, 2.24) is 9.55 Å². The zero-order chi connectivity index (χ0) is 22.2. The number of hydrogen-bond donors (Lipinski definition) is 1.